The molecule has 104 valence electrons. The molecular weight excluding hydrogens is 248 g/mol. The van der Waals surface area contributed by atoms with E-state index in [2.05, 4.69) is 12.1 Å². The predicted octanol–water partition coefficient (Wildman–Crippen LogP) is 4.14. The molecule has 2 nitrogen and oxygen atoms in total. The zero-order valence-corrected chi connectivity index (χ0v) is 11.9. The molecule has 2 aromatic carbocycles. The van der Waals surface area contributed by atoms with Crippen LogP contribution in [0.3, 0.4) is 0 Å². The van der Waals surface area contributed by atoms with Crippen molar-refractivity contribution >= 4 is 6.08 Å². The van der Waals surface area contributed by atoms with E-state index in [1.165, 1.54) is 0 Å². The van der Waals surface area contributed by atoms with Gasteiger partial charge in [0.2, 0.25) is 0 Å². The smallest absolute Gasteiger partial charge is 0.122 e. The largest absolute Gasteiger partial charge is 0.489 e. The number of aryl methyl sites for hydroxylation is 1. The van der Waals surface area contributed by atoms with E-state index < -0.39 is 6.10 Å². The van der Waals surface area contributed by atoms with Crippen LogP contribution < -0.4 is 4.74 Å². The van der Waals surface area contributed by atoms with Crippen molar-refractivity contribution in [1.82, 2.24) is 0 Å². The fraction of sp³-hybridized carbons (Fsp3) is 0.222. The van der Waals surface area contributed by atoms with Gasteiger partial charge >= 0.3 is 0 Å². The third-order valence-corrected chi connectivity index (χ3v) is 3.13. The molecule has 1 atom stereocenters. The summed E-state index contributed by atoms with van der Waals surface area (Å²) in [5, 5.41) is 9.53. The molecule has 1 N–H and O–H groups in total. The summed E-state index contributed by atoms with van der Waals surface area (Å²) in [4.78, 5) is 0. The first-order chi connectivity index (χ1) is 9.66. The van der Waals surface area contributed by atoms with Crippen molar-refractivity contribution in [2.45, 2.75) is 20.0 Å². The first-order valence-electron chi connectivity index (χ1n) is 6.80. The molecule has 0 bridgehead atoms. The summed E-state index contributed by atoms with van der Waals surface area (Å²) >= 11 is 0. The van der Waals surface area contributed by atoms with Crippen LogP contribution in [0.15, 0.2) is 54.6 Å². The normalized spacial score (nSPS) is 12.6. The standard InChI is InChI=1S/C18H20O2/c1-14-13-17(15(2)19)10-11-18(14)20-12-6-9-16-7-4-3-5-8-16/h3-11,13,15,19H,12H2,1-2H3/b9-6+/t15-/m1/s1. The van der Waals surface area contributed by atoms with Gasteiger partial charge in [0.15, 0.2) is 0 Å². The van der Waals surface area contributed by atoms with E-state index in [0.717, 1.165) is 22.4 Å². The molecule has 0 amide bonds. The van der Waals surface area contributed by atoms with Crippen molar-refractivity contribution in [3.05, 3.63) is 71.3 Å². The molecule has 0 aliphatic heterocycles. The van der Waals surface area contributed by atoms with Crippen LogP contribution in [0.2, 0.25) is 0 Å². The highest BCUT2D eigenvalue weighted by Gasteiger charge is 2.04. The molecule has 0 aromatic heterocycles. The molecule has 2 aromatic rings. The van der Waals surface area contributed by atoms with Crippen molar-refractivity contribution in [2.24, 2.45) is 0 Å². The second-order valence-electron chi connectivity index (χ2n) is 4.82. The van der Waals surface area contributed by atoms with E-state index in [4.69, 9.17) is 4.74 Å². The van der Waals surface area contributed by atoms with Gasteiger partial charge in [-0.3, -0.25) is 0 Å². The molecule has 0 saturated heterocycles. The molecule has 0 fully saturated rings. The van der Waals surface area contributed by atoms with E-state index in [-0.39, 0.29) is 0 Å². The Morgan fingerprint density at radius 3 is 2.55 bits per heavy atom. The molecule has 0 heterocycles. The molecule has 2 rings (SSSR count). The maximum atomic E-state index is 9.53. The highest BCUT2D eigenvalue weighted by Crippen LogP contribution is 2.22. The Morgan fingerprint density at radius 1 is 1.15 bits per heavy atom. The summed E-state index contributed by atoms with van der Waals surface area (Å²) in [7, 11) is 0. The van der Waals surface area contributed by atoms with Crippen LogP contribution in [-0.2, 0) is 0 Å². The number of ether oxygens (including phenoxy) is 1. The Balaban J connectivity index is 1.93. The lowest BCUT2D eigenvalue weighted by Gasteiger charge is -2.10. The average Bonchev–Trinajstić information content (AvgIpc) is 2.46. The first-order valence-corrected chi connectivity index (χ1v) is 6.80. The lowest BCUT2D eigenvalue weighted by molar-refractivity contribution is 0.199. The van der Waals surface area contributed by atoms with Gasteiger partial charge in [-0.2, -0.15) is 0 Å². The summed E-state index contributed by atoms with van der Waals surface area (Å²) in [6.07, 6.45) is 3.59. The Bertz CT molecular complexity index is 571. The zero-order valence-electron chi connectivity index (χ0n) is 11.9. The Kier molecular flexibility index (Phi) is 4.97. The van der Waals surface area contributed by atoms with Gasteiger partial charge in [0.1, 0.15) is 12.4 Å². The molecule has 0 aliphatic carbocycles. The van der Waals surface area contributed by atoms with Crippen molar-refractivity contribution in [1.29, 1.82) is 0 Å². The number of aliphatic hydroxyl groups is 1. The van der Waals surface area contributed by atoms with Gasteiger partial charge in [-0.1, -0.05) is 42.5 Å². The molecular formula is C18H20O2. The van der Waals surface area contributed by atoms with Crippen LogP contribution in [0.1, 0.15) is 29.7 Å². The summed E-state index contributed by atoms with van der Waals surface area (Å²) in [6, 6.07) is 15.9. The van der Waals surface area contributed by atoms with Crippen LogP contribution in [-0.4, -0.2) is 11.7 Å². The quantitative estimate of drug-likeness (QED) is 0.883. The van der Waals surface area contributed by atoms with Crippen LogP contribution in [0.25, 0.3) is 6.08 Å². The van der Waals surface area contributed by atoms with E-state index >= 15 is 0 Å². The van der Waals surface area contributed by atoms with Gasteiger partial charge in [-0.05, 0) is 48.7 Å². The monoisotopic (exact) mass is 268 g/mol. The van der Waals surface area contributed by atoms with E-state index in [9.17, 15) is 5.11 Å². The topological polar surface area (TPSA) is 29.5 Å². The van der Waals surface area contributed by atoms with Crippen molar-refractivity contribution in [2.75, 3.05) is 6.61 Å². The number of hydrogen-bond donors (Lipinski definition) is 1. The van der Waals surface area contributed by atoms with Gasteiger partial charge in [-0.25, -0.2) is 0 Å². The summed E-state index contributed by atoms with van der Waals surface area (Å²) in [5.74, 6) is 0.854. The highest BCUT2D eigenvalue weighted by atomic mass is 16.5. The molecule has 2 heteroatoms. The maximum Gasteiger partial charge on any atom is 0.122 e. The fourth-order valence-electron chi connectivity index (χ4n) is 1.98. The third-order valence-electron chi connectivity index (χ3n) is 3.13. The van der Waals surface area contributed by atoms with Crippen LogP contribution >= 0.6 is 0 Å². The van der Waals surface area contributed by atoms with Gasteiger partial charge in [0.25, 0.3) is 0 Å². The summed E-state index contributed by atoms with van der Waals surface area (Å²) < 4.78 is 5.72. The van der Waals surface area contributed by atoms with E-state index in [0.29, 0.717) is 6.61 Å². The molecule has 0 spiro atoms. The van der Waals surface area contributed by atoms with E-state index in [1.807, 2.05) is 55.5 Å². The molecule has 20 heavy (non-hydrogen) atoms. The Labute approximate surface area is 120 Å². The lowest BCUT2D eigenvalue weighted by atomic mass is 10.1. The number of hydrogen-bond acceptors (Lipinski definition) is 2. The summed E-state index contributed by atoms with van der Waals surface area (Å²) in [5.41, 5.74) is 3.11. The predicted molar refractivity (Wildman–Crippen MR) is 82.8 cm³/mol. The maximum absolute atomic E-state index is 9.53. The second kappa shape index (κ2) is 6.92. The molecule has 0 unspecified atom stereocenters. The average molecular weight is 268 g/mol. The number of benzene rings is 2. The summed E-state index contributed by atoms with van der Waals surface area (Å²) in [6.45, 7) is 4.28. The highest BCUT2D eigenvalue weighted by molar-refractivity contribution is 5.48. The minimum atomic E-state index is -0.444. The van der Waals surface area contributed by atoms with Crippen LogP contribution in [0, 0.1) is 6.92 Å². The van der Waals surface area contributed by atoms with Crippen LogP contribution in [0.4, 0.5) is 0 Å². The van der Waals surface area contributed by atoms with Crippen LogP contribution in [0.5, 0.6) is 5.75 Å². The first kappa shape index (κ1) is 14.4. The van der Waals surface area contributed by atoms with Crippen molar-refractivity contribution < 1.29 is 9.84 Å². The van der Waals surface area contributed by atoms with Gasteiger partial charge in [-0.15, -0.1) is 0 Å². The Hall–Kier alpha value is -2.06. The number of aliphatic hydroxyl groups excluding tert-OH is 1. The van der Waals surface area contributed by atoms with Crippen molar-refractivity contribution in [3.8, 4) is 5.75 Å². The Morgan fingerprint density at radius 2 is 1.90 bits per heavy atom. The van der Waals surface area contributed by atoms with Gasteiger partial charge < -0.3 is 9.84 Å². The van der Waals surface area contributed by atoms with Gasteiger partial charge in [0, 0.05) is 0 Å². The third kappa shape index (κ3) is 3.97. The molecule has 0 saturated carbocycles. The minimum Gasteiger partial charge on any atom is -0.489 e. The minimum absolute atomic E-state index is 0.444. The molecule has 0 aliphatic rings. The zero-order chi connectivity index (χ0) is 14.4. The van der Waals surface area contributed by atoms with Crippen molar-refractivity contribution in [3.63, 3.8) is 0 Å². The van der Waals surface area contributed by atoms with E-state index in [1.54, 1.807) is 6.92 Å². The molecule has 0 radical (unpaired) electrons. The van der Waals surface area contributed by atoms with Gasteiger partial charge in [0.05, 0.1) is 6.10 Å². The fourth-order valence-corrected chi connectivity index (χ4v) is 1.98. The SMILES string of the molecule is Cc1cc([C@@H](C)O)ccc1OC/C=C/c1ccccc1. The second-order valence-corrected chi connectivity index (χ2v) is 4.82. The number of rotatable bonds is 5. The lowest BCUT2D eigenvalue weighted by Crippen LogP contribution is -1.98.